The minimum absolute atomic E-state index is 0.0863. The van der Waals surface area contributed by atoms with Crippen molar-refractivity contribution < 1.29 is 13.5 Å². The summed E-state index contributed by atoms with van der Waals surface area (Å²) >= 11 is 6.96. The number of aliphatic imine (C=N–C) groups is 1. The largest absolute Gasteiger partial charge is 0.506 e. The van der Waals surface area contributed by atoms with Gasteiger partial charge in [0.2, 0.25) is 0 Å². The van der Waals surface area contributed by atoms with Crippen LogP contribution in [-0.2, 0) is 10.0 Å². The number of hydrogen-bond acceptors (Lipinski definition) is 6. The van der Waals surface area contributed by atoms with E-state index in [4.69, 9.17) is 11.6 Å². The van der Waals surface area contributed by atoms with E-state index < -0.39 is 10.0 Å². The van der Waals surface area contributed by atoms with Gasteiger partial charge in [0.15, 0.2) is 0 Å². The Morgan fingerprint density at radius 3 is 2.72 bits per heavy atom. The van der Waals surface area contributed by atoms with Gasteiger partial charge in [0.25, 0.3) is 10.0 Å². The molecule has 0 saturated heterocycles. The van der Waals surface area contributed by atoms with E-state index in [0.717, 1.165) is 17.8 Å². The van der Waals surface area contributed by atoms with Gasteiger partial charge in [-0.1, -0.05) is 36.0 Å². The molecule has 0 amide bonds. The van der Waals surface area contributed by atoms with E-state index in [-0.39, 0.29) is 15.7 Å². The van der Waals surface area contributed by atoms with Gasteiger partial charge in [0.05, 0.1) is 21.2 Å². The second kappa shape index (κ2) is 8.28. The van der Waals surface area contributed by atoms with E-state index in [1.54, 1.807) is 31.3 Å². The lowest BCUT2D eigenvalue weighted by Crippen LogP contribution is -2.21. The summed E-state index contributed by atoms with van der Waals surface area (Å²) in [5.41, 5.74) is 2.48. The lowest BCUT2D eigenvalue weighted by molar-refractivity contribution is 0.475. The molecule has 3 N–H and O–H groups in total. The predicted octanol–water partition coefficient (Wildman–Crippen LogP) is 3.93. The van der Waals surface area contributed by atoms with Crippen LogP contribution in [0, 0.1) is 0 Å². The molecule has 25 heavy (non-hydrogen) atoms. The van der Waals surface area contributed by atoms with Crippen molar-refractivity contribution in [3.8, 4) is 5.75 Å². The van der Waals surface area contributed by atoms with Crippen molar-refractivity contribution in [1.82, 2.24) is 4.72 Å². The topological polar surface area (TPSA) is 90.8 Å². The Balaban J connectivity index is 2.19. The van der Waals surface area contributed by atoms with Gasteiger partial charge in [-0.05, 0) is 30.3 Å². The Morgan fingerprint density at radius 1 is 1.32 bits per heavy atom. The van der Waals surface area contributed by atoms with Gasteiger partial charge in [-0.3, -0.25) is 9.71 Å². The fraction of sp³-hybridized carbons (Fsp3) is 0.0625. The highest BCUT2D eigenvalue weighted by molar-refractivity contribution is 8.15. The maximum absolute atomic E-state index is 12.3. The highest BCUT2D eigenvalue weighted by Gasteiger charge is 2.17. The van der Waals surface area contributed by atoms with Crippen LogP contribution in [0.25, 0.3) is 0 Å². The van der Waals surface area contributed by atoms with Crippen LogP contribution < -0.4 is 10.0 Å². The number of anilines is 2. The Morgan fingerprint density at radius 2 is 2.08 bits per heavy atom. The van der Waals surface area contributed by atoms with Crippen LogP contribution in [0.4, 0.5) is 11.4 Å². The maximum atomic E-state index is 12.3. The zero-order chi connectivity index (χ0) is 18.4. The third-order valence-electron chi connectivity index (χ3n) is 2.93. The van der Waals surface area contributed by atoms with Crippen molar-refractivity contribution in [3.05, 3.63) is 59.1 Å². The van der Waals surface area contributed by atoms with E-state index in [9.17, 15) is 13.5 Å². The average Bonchev–Trinajstić information content (AvgIpc) is 2.54. The summed E-state index contributed by atoms with van der Waals surface area (Å²) in [6, 6.07) is 10.9. The van der Waals surface area contributed by atoms with Gasteiger partial charge in [-0.15, -0.1) is 0 Å². The first-order chi connectivity index (χ1) is 11.8. The Bertz CT molecular complexity index is 915. The number of benzene rings is 2. The SMILES string of the molecule is C=C(NS(=O)(=O)c1ccc(Nc2cccc(Cl)c2)c(O)c1)SC=NC. The van der Waals surface area contributed by atoms with Crippen LogP contribution in [-0.4, -0.2) is 26.1 Å². The normalized spacial score (nSPS) is 11.4. The van der Waals surface area contributed by atoms with Crippen LogP contribution in [0.5, 0.6) is 5.75 Å². The zero-order valence-electron chi connectivity index (χ0n) is 13.2. The van der Waals surface area contributed by atoms with E-state index >= 15 is 0 Å². The molecule has 9 heteroatoms. The first kappa shape index (κ1) is 19.2. The number of nitrogens with one attached hydrogen (secondary N) is 2. The summed E-state index contributed by atoms with van der Waals surface area (Å²) in [4.78, 5) is 3.65. The van der Waals surface area contributed by atoms with Gasteiger partial charge >= 0.3 is 0 Å². The van der Waals surface area contributed by atoms with Crippen LogP contribution >= 0.6 is 23.4 Å². The molecule has 6 nitrogen and oxygen atoms in total. The van der Waals surface area contributed by atoms with Gasteiger partial charge < -0.3 is 10.4 Å². The van der Waals surface area contributed by atoms with E-state index in [1.807, 2.05) is 0 Å². The predicted molar refractivity (Wildman–Crippen MR) is 104 cm³/mol. The summed E-state index contributed by atoms with van der Waals surface area (Å²) in [5, 5.41) is 13.8. The number of rotatable bonds is 7. The van der Waals surface area contributed by atoms with Crippen molar-refractivity contribution in [2.75, 3.05) is 12.4 Å². The van der Waals surface area contributed by atoms with Crippen LogP contribution in [0.2, 0.25) is 5.02 Å². The van der Waals surface area contributed by atoms with Gasteiger partial charge in [0, 0.05) is 23.8 Å². The summed E-state index contributed by atoms with van der Waals surface area (Å²) in [6.45, 7) is 3.60. The van der Waals surface area contributed by atoms with E-state index in [1.165, 1.54) is 17.7 Å². The van der Waals surface area contributed by atoms with Crippen molar-refractivity contribution in [3.63, 3.8) is 0 Å². The Labute approximate surface area is 155 Å². The molecule has 0 heterocycles. The second-order valence-electron chi connectivity index (χ2n) is 4.82. The molecule has 0 atom stereocenters. The van der Waals surface area contributed by atoms with E-state index in [2.05, 4.69) is 21.6 Å². The minimum atomic E-state index is -3.85. The fourth-order valence-corrected chi connectivity index (χ4v) is 3.73. The molecular weight excluding hydrogens is 382 g/mol. The first-order valence-corrected chi connectivity index (χ1v) is 9.70. The van der Waals surface area contributed by atoms with Crippen molar-refractivity contribution >= 4 is 50.3 Å². The molecule has 0 radical (unpaired) electrons. The number of nitrogens with zero attached hydrogens (tertiary/aromatic N) is 1. The molecule has 0 aliphatic rings. The molecule has 2 aromatic carbocycles. The monoisotopic (exact) mass is 397 g/mol. The van der Waals surface area contributed by atoms with Crippen LogP contribution in [0.1, 0.15) is 0 Å². The molecule has 0 unspecified atom stereocenters. The number of sulfonamides is 1. The molecule has 0 spiro atoms. The quantitative estimate of drug-likeness (QED) is 0.374. The highest BCUT2D eigenvalue weighted by atomic mass is 35.5. The number of halogens is 1. The lowest BCUT2D eigenvalue weighted by atomic mass is 10.2. The average molecular weight is 398 g/mol. The standard InChI is InChI=1S/C16H16ClN3O3S2/c1-11(24-10-18-2)20-25(22,23)14-6-7-15(16(21)9-14)19-13-5-3-4-12(17)8-13/h3-10,19-21H,1H2,2H3. The van der Waals surface area contributed by atoms with Crippen LogP contribution in [0.15, 0.2) is 64.0 Å². The number of phenolic OH excluding ortho intramolecular Hbond substituents is 1. The summed E-state index contributed by atoms with van der Waals surface area (Å²) in [7, 11) is -2.28. The lowest BCUT2D eigenvalue weighted by Gasteiger charge is -2.12. The van der Waals surface area contributed by atoms with Crippen LogP contribution in [0.3, 0.4) is 0 Å². The third kappa shape index (κ3) is 5.42. The summed E-state index contributed by atoms with van der Waals surface area (Å²) < 4.78 is 26.9. The fourth-order valence-electron chi connectivity index (χ4n) is 1.86. The number of aromatic hydroxyl groups is 1. The molecular formula is C16H16ClN3O3S2. The highest BCUT2D eigenvalue weighted by Crippen LogP contribution is 2.30. The van der Waals surface area contributed by atoms with Gasteiger partial charge in [-0.25, -0.2) is 8.42 Å². The minimum Gasteiger partial charge on any atom is -0.506 e. The molecule has 0 fully saturated rings. The molecule has 132 valence electrons. The number of hydrogen-bond donors (Lipinski definition) is 3. The molecule has 0 aromatic heterocycles. The Hall–Kier alpha value is -2.16. The van der Waals surface area contributed by atoms with Crippen molar-refractivity contribution in [2.24, 2.45) is 4.99 Å². The van der Waals surface area contributed by atoms with E-state index in [0.29, 0.717) is 16.4 Å². The molecule has 0 aliphatic heterocycles. The van der Waals surface area contributed by atoms with Crippen molar-refractivity contribution in [2.45, 2.75) is 4.90 Å². The molecule has 0 aliphatic carbocycles. The third-order valence-corrected chi connectivity index (χ3v) is 5.39. The molecule has 2 rings (SSSR count). The first-order valence-electron chi connectivity index (χ1n) is 6.96. The Kier molecular flexibility index (Phi) is 6.35. The smallest absolute Gasteiger partial charge is 0.262 e. The zero-order valence-corrected chi connectivity index (χ0v) is 15.6. The maximum Gasteiger partial charge on any atom is 0.262 e. The van der Waals surface area contributed by atoms with Crippen molar-refractivity contribution in [1.29, 1.82) is 0 Å². The number of phenols is 1. The summed E-state index contributed by atoms with van der Waals surface area (Å²) in [5.74, 6) is -0.212. The molecule has 0 bridgehead atoms. The second-order valence-corrected chi connectivity index (χ2v) is 7.88. The summed E-state index contributed by atoms with van der Waals surface area (Å²) in [6.07, 6.45) is 0. The van der Waals surface area contributed by atoms with Gasteiger partial charge in [0.1, 0.15) is 5.75 Å². The van der Waals surface area contributed by atoms with Gasteiger partial charge in [-0.2, -0.15) is 0 Å². The number of thioether (sulfide) groups is 1. The molecule has 0 saturated carbocycles. The molecule has 2 aromatic rings.